The van der Waals surface area contributed by atoms with Crippen LogP contribution in [0.1, 0.15) is 12.5 Å². The van der Waals surface area contributed by atoms with Gasteiger partial charge in [0.05, 0.1) is 10.6 Å². The van der Waals surface area contributed by atoms with Crippen molar-refractivity contribution in [2.24, 2.45) is 0 Å². The maximum absolute atomic E-state index is 12.4. The van der Waals surface area contributed by atoms with Crippen molar-refractivity contribution in [3.8, 4) is 0 Å². The van der Waals surface area contributed by atoms with Gasteiger partial charge < -0.3 is 5.11 Å². The molecule has 2 nitrogen and oxygen atoms in total. The topological polar surface area (TPSA) is 37.3 Å². The van der Waals surface area contributed by atoms with Gasteiger partial charge in [-0.05, 0) is 25.1 Å². The number of hydrogen-bond acceptors (Lipinski definition) is 2. The molecule has 0 saturated carbocycles. The largest absolute Gasteiger partial charge is 0.480 e. The van der Waals surface area contributed by atoms with Crippen molar-refractivity contribution in [2.45, 2.75) is 23.2 Å². The summed E-state index contributed by atoms with van der Waals surface area (Å²) in [5.74, 6) is -1.11. The van der Waals surface area contributed by atoms with Gasteiger partial charge in [-0.1, -0.05) is 11.6 Å². The number of hydrogen-bond donors (Lipinski definition) is 1. The molecular weight excluding hydrogens is 277 g/mol. The van der Waals surface area contributed by atoms with Crippen LogP contribution in [0, 0.1) is 0 Å². The van der Waals surface area contributed by atoms with Crippen molar-refractivity contribution in [3.05, 3.63) is 28.8 Å². The second-order valence-corrected chi connectivity index (χ2v) is 5.03. The first-order chi connectivity index (χ1) is 7.71. The van der Waals surface area contributed by atoms with E-state index >= 15 is 0 Å². The highest BCUT2D eigenvalue weighted by molar-refractivity contribution is 8.00. The van der Waals surface area contributed by atoms with E-state index in [-0.39, 0.29) is 9.92 Å². The van der Waals surface area contributed by atoms with Gasteiger partial charge in [0.25, 0.3) is 0 Å². The number of aliphatic carboxylic acids is 1. The number of carboxylic acid groups (broad SMARTS) is 1. The van der Waals surface area contributed by atoms with E-state index < -0.39 is 23.0 Å². The van der Waals surface area contributed by atoms with Gasteiger partial charge in [0.2, 0.25) is 0 Å². The van der Waals surface area contributed by atoms with Crippen LogP contribution in [0.3, 0.4) is 0 Å². The maximum Gasteiger partial charge on any atom is 0.416 e. The molecule has 0 aromatic heterocycles. The lowest BCUT2D eigenvalue weighted by Crippen LogP contribution is -2.11. The Morgan fingerprint density at radius 3 is 2.53 bits per heavy atom. The van der Waals surface area contributed by atoms with E-state index in [4.69, 9.17) is 16.7 Å². The molecule has 94 valence electrons. The number of thioether (sulfide) groups is 1. The Labute approximate surface area is 105 Å². The summed E-state index contributed by atoms with van der Waals surface area (Å²) < 4.78 is 37.3. The molecule has 0 aliphatic carbocycles. The van der Waals surface area contributed by atoms with Gasteiger partial charge in [0.15, 0.2) is 0 Å². The molecule has 0 radical (unpaired) electrons. The fraction of sp³-hybridized carbons (Fsp3) is 0.300. The lowest BCUT2D eigenvalue weighted by molar-refractivity contribution is -0.138. The van der Waals surface area contributed by atoms with Crippen LogP contribution >= 0.6 is 23.4 Å². The molecule has 7 heteroatoms. The van der Waals surface area contributed by atoms with E-state index in [1.54, 1.807) is 0 Å². The summed E-state index contributed by atoms with van der Waals surface area (Å²) in [6.07, 6.45) is -4.47. The number of rotatable bonds is 3. The molecule has 0 saturated heterocycles. The Morgan fingerprint density at radius 2 is 2.06 bits per heavy atom. The predicted molar refractivity (Wildman–Crippen MR) is 59.4 cm³/mol. The van der Waals surface area contributed by atoms with E-state index in [1.165, 1.54) is 6.92 Å². The number of carboxylic acids is 1. The minimum Gasteiger partial charge on any atom is -0.480 e. The summed E-state index contributed by atoms with van der Waals surface area (Å²) in [5.41, 5.74) is -0.845. The molecule has 0 aliphatic rings. The molecule has 1 N–H and O–H groups in total. The molecule has 1 aromatic carbocycles. The van der Waals surface area contributed by atoms with Crippen molar-refractivity contribution in [3.63, 3.8) is 0 Å². The van der Waals surface area contributed by atoms with E-state index in [0.29, 0.717) is 0 Å². The van der Waals surface area contributed by atoms with Crippen LogP contribution in [0.2, 0.25) is 5.02 Å². The Morgan fingerprint density at radius 1 is 1.47 bits per heavy atom. The Hall–Kier alpha value is -0.880. The summed E-state index contributed by atoms with van der Waals surface area (Å²) >= 11 is 6.49. The van der Waals surface area contributed by atoms with Gasteiger partial charge in [0.1, 0.15) is 5.25 Å². The molecule has 0 heterocycles. The Balaban J connectivity index is 3.03. The number of alkyl halides is 3. The van der Waals surface area contributed by atoms with Crippen LogP contribution in [-0.4, -0.2) is 16.3 Å². The van der Waals surface area contributed by atoms with Crippen molar-refractivity contribution >= 4 is 29.3 Å². The molecule has 0 aliphatic heterocycles. The van der Waals surface area contributed by atoms with Gasteiger partial charge in [-0.15, -0.1) is 11.8 Å². The summed E-state index contributed by atoms with van der Waals surface area (Å²) in [6, 6.07) is 2.82. The maximum atomic E-state index is 12.4. The molecule has 1 unspecified atom stereocenters. The predicted octanol–water partition coefficient (Wildman–Crippen LogP) is 3.92. The standard InChI is InChI=1S/C10H8ClF3O2S/c1-5(9(15)16)17-8-4-6(10(12,13)14)2-3-7(8)11/h2-5H,1H3,(H,15,16). The van der Waals surface area contributed by atoms with Crippen LogP contribution in [0.4, 0.5) is 13.2 Å². The van der Waals surface area contributed by atoms with E-state index in [9.17, 15) is 18.0 Å². The van der Waals surface area contributed by atoms with Gasteiger partial charge in [-0.3, -0.25) is 4.79 Å². The molecule has 1 atom stereocenters. The van der Waals surface area contributed by atoms with E-state index in [2.05, 4.69) is 0 Å². The minimum atomic E-state index is -4.47. The van der Waals surface area contributed by atoms with Crippen molar-refractivity contribution < 1.29 is 23.1 Å². The third-order valence-corrected chi connectivity index (χ3v) is 3.50. The monoisotopic (exact) mass is 284 g/mol. The zero-order valence-corrected chi connectivity index (χ0v) is 10.2. The first-order valence-electron chi connectivity index (χ1n) is 4.48. The van der Waals surface area contributed by atoms with Crippen LogP contribution in [-0.2, 0) is 11.0 Å². The Kier molecular flexibility index (Phi) is 4.32. The lowest BCUT2D eigenvalue weighted by atomic mass is 10.2. The van der Waals surface area contributed by atoms with Crippen LogP contribution < -0.4 is 0 Å². The second-order valence-electron chi connectivity index (χ2n) is 3.24. The van der Waals surface area contributed by atoms with Gasteiger partial charge in [0, 0.05) is 4.90 Å². The quantitative estimate of drug-likeness (QED) is 0.855. The molecule has 0 amide bonds. The molecule has 1 aromatic rings. The average Bonchev–Trinajstić information content (AvgIpc) is 2.19. The van der Waals surface area contributed by atoms with Crippen molar-refractivity contribution in [2.75, 3.05) is 0 Å². The first kappa shape index (κ1) is 14.2. The van der Waals surface area contributed by atoms with Crippen molar-refractivity contribution in [1.29, 1.82) is 0 Å². The highest BCUT2D eigenvalue weighted by atomic mass is 35.5. The fourth-order valence-corrected chi connectivity index (χ4v) is 2.12. The molecular formula is C10H8ClF3O2S. The molecule has 0 fully saturated rings. The normalized spacial score (nSPS) is 13.5. The smallest absolute Gasteiger partial charge is 0.416 e. The number of benzene rings is 1. The highest BCUT2D eigenvalue weighted by Gasteiger charge is 2.31. The zero-order chi connectivity index (χ0) is 13.2. The third-order valence-electron chi connectivity index (χ3n) is 1.91. The SMILES string of the molecule is CC(Sc1cc(C(F)(F)F)ccc1Cl)C(=O)O. The zero-order valence-electron chi connectivity index (χ0n) is 8.58. The van der Waals surface area contributed by atoms with Crippen molar-refractivity contribution in [1.82, 2.24) is 0 Å². The summed E-state index contributed by atoms with van der Waals surface area (Å²) in [7, 11) is 0. The van der Waals surface area contributed by atoms with E-state index in [1.807, 2.05) is 0 Å². The lowest BCUT2D eigenvalue weighted by Gasteiger charge is -2.11. The molecule has 1 rings (SSSR count). The number of halogens is 4. The summed E-state index contributed by atoms with van der Waals surface area (Å²) in [5, 5.41) is 7.92. The summed E-state index contributed by atoms with van der Waals surface area (Å²) in [6.45, 7) is 1.38. The highest BCUT2D eigenvalue weighted by Crippen LogP contribution is 2.36. The number of carbonyl (C=O) groups is 1. The molecule has 0 bridgehead atoms. The van der Waals surface area contributed by atoms with Crippen LogP contribution in [0.25, 0.3) is 0 Å². The fourth-order valence-electron chi connectivity index (χ4n) is 1.01. The van der Waals surface area contributed by atoms with E-state index in [0.717, 1.165) is 30.0 Å². The Bertz CT molecular complexity index is 434. The minimum absolute atomic E-state index is 0.108. The van der Waals surface area contributed by atoms with Gasteiger partial charge in [-0.25, -0.2) is 0 Å². The first-order valence-corrected chi connectivity index (χ1v) is 5.74. The van der Waals surface area contributed by atoms with Crippen LogP contribution in [0.5, 0.6) is 0 Å². The second kappa shape index (κ2) is 5.18. The van der Waals surface area contributed by atoms with Gasteiger partial charge >= 0.3 is 12.1 Å². The average molecular weight is 285 g/mol. The molecule has 17 heavy (non-hydrogen) atoms. The third kappa shape index (κ3) is 3.81. The van der Waals surface area contributed by atoms with Crippen LogP contribution in [0.15, 0.2) is 23.1 Å². The van der Waals surface area contributed by atoms with Gasteiger partial charge in [-0.2, -0.15) is 13.2 Å². The molecule has 0 spiro atoms. The summed E-state index contributed by atoms with van der Waals surface area (Å²) in [4.78, 5) is 10.7.